The van der Waals surface area contributed by atoms with Crippen molar-refractivity contribution in [3.8, 4) is 11.4 Å². The highest BCUT2D eigenvalue weighted by atomic mass is 32.1. The van der Waals surface area contributed by atoms with E-state index in [-0.39, 0.29) is 0 Å². The number of hydrogen-bond donors (Lipinski definition) is 4. The number of amides is 1. The van der Waals surface area contributed by atoms with Gasteiger partial charge in [-0.3, -0.25) is 4.79 Å². The number of primary amides is 1. The van der Waals surface area contributed by atoms with Crippen molar-refractivity contribution in [3.05, 3.63) is 70.7 Å². The average Bonchev–Trinajstić information content (AvgIpc) is 3.08. The van der Waals surface area contributed by atoms with Crippen LogP contribution in [0.1, 0.15) is 20.8 Å². The van der Waals surface area contributed by atoms with Gasteiger partial charge in [-0.2, -0.15) is 0 Å². The van der Waals surface area contributed by atoms with Crippen LogP contribution in [0.25, 0.3) is 21.5 Å². The van der Waals surface area contributed by atoms with Gasteiger partial charge < -0.3 is 21.1 Å². The van der Waals surface area contributed by atoms with Crippen molar-refractivity contribution in [2.24, 2.45) is 5.73 Å². The first-order chi connectivity index (χ1) is 14.4. The second kappa shape index (κ2) is 8.23. The Kier molecular flexibility index (Phi) is 5.49. The highest BCUT2D eigenvalue weighted by Crippen LogP contribution is 2.38. The Balaban J connectivity index is 1.64. The smallest absolute Gasteiger partial charge is 0.423 e. The first kappa shape index (κ1) is 20.0. The molecule has 9 heteroatoms. The van der Waals surface area contributed by atoms with E-state index in [0.29, 0.717) is 29.2 Å². The summed E-state index contributed by atoms with van der Waals surface area (Å²) in [5.74, 6) is 0.740. The minimum atomic E-state index is -1.50. The summed E-state index contributed by atoms with van der Waals surface area (Å²) < 4.78 is 0.832. The third kappa shape index (κ3) is 3.91. The molecule has 2 aromatic heterocycles. The Morgan fingerprint density at radius 1 is 1.20 bits per heavy atom. The zero-order chi connectivity index (χ0) is 21.3. The Bertz CT molecular complexity index is 1240. The summed E-state index contributed by atoms with van der Waals surface area (Å²) in [6, 6.07) is 14.3. The van der Waals surface area contributed by atoms with E-state index in [1.54, 1.807) is 36.5 Å². The maximum Gasteiger partial charge on any atom is 0.488 e. The number of hydrogen-bond acceptors (Lipinski definition) is 7. The molecular weight excluding hydrogens is 399 g/mol. The maximum atomic E-state index is 11.8. The van der Waals surface area contributed by atoms with Crippen LogP contribution in [0.2, 0.25) is 0 Å². The van der Waals surface area contributed by atoms with E-state index in [2.05, 4.69) is 15.3 Å². The minimum Gasteiger partial charge on any atom is -0.423 e. The van der Waals surface area contributed by atoms with Gasteiger partial charge in [0, 0.05) is 33.3 Å². The fraction of sp³-hybridized carbons (Fsp3) is 0.0952. The molecule has 4 aromatic rings. The first-order valence-corrected chi connectivity index (χ1v) is 10.1. The van der Waals surface area contributed by atoms with Crippen molar-refractivity contribution < 1.29 is 14.8 Å². The number of rotatable bonds is 6. The van der Waals surface area contributed by atoms with Crippen molar-refractivity contribution >= 4 is 45.7 Å². The van der Waals surface area contributed by atoms with Gasteiger partial charge in [-0.1, -0.05) is 36.4 Å². The Hall–Kier alpha value is -3.27. The monoisotopic (exact) mass is 418 g/mol. The number of nitrogens with zero attached hydrogens (tertiary/aromatic N) is 2. The highest BCUT2D eigenvalue weighted by Gasteiger charge is 2.18. The maximum absolute atomic E-state index is 11.8. The second-order valence-electron chi connectivity index (χ2n) is 6.82. The molecule has 0 aliphatic carbocycles. The predicted molar refractivity (Wildman–Crippen MR) is 120 cm³/mol. The van der Waals surface area contributed by atoms with Gasteiger partial charge in [0.15, 0.2) is 5.82 Å². The number of carbonyl (C=O) groups is 1. The van der Waals surface area contributed by atoms with Crippen molar-refractivity contribution in [2.75, 3.05) is 5.32 Å². The molecule has 0 atom stereocenters. The molecule has 0 fully saturated rings. The van der Waals surface area contributed by atoms with Gasteiger partial charge >= 0.3 is 7.12 Å². The van der Waals surface area contributed by atoms with Crippen LogP contribution in [0.3, 0.4) is 0 Å². The lowest BCUT2D eigenvalue weighted by Crippen LogP contribution is -2.30. The van der Waals surface area contributed by atoms with Crippen LogP contribution in [0.15, 0.2) is 54.7 Å². The molecular formula is C21H19BN4O3S. The fourth-order valence-corrected chi connectivity index (χ4v) is 4.51. The second-order valence-corrected chi connectivity index (χ2v) is 8.04. The molecule has 4 rings (SSSR count). The van der Waals surface area contributed by atoms with E-state index >= 15 is 0 Å². The summed E-state index contributed by atoms with van der Waals surface area (Å²) in [7, 11) is -1.50. The van der Waals surface area contributed by atoms with Crippen LogP contribution in [0, 0.1) is 6.92 Å². The number of aromatic nitrogens is 2. The number of thiophene rings is 1. The van der Waals surface area contributed by atoms with Crippen molar-refractivity contribution in [1.29, 1.82) is 0 Å². The molecule has 150 valence electrons. The summed E-state index contributed by atoms with van der Waals surface area (Å²) >= 11 is 1.50. The number of fused-ring (bicyclic) bond motifs is 1. The SMILES string of the molecule is Cc1sc2c(C(N)=O)cccc2c1-c1nccc(NCc2cccc(B(O)O)c2)n1. The third-order valence-corrected chi connectivity index (χ3v) is 5.91. The molecule has 0 aliphatic rings. The summed E-state index contributed by atoms with van der Waals surface area (Å²) in [4.78, 5) is 21.8. The molecule has 7 nitrogen and oxygen atoms in total. The van der Waals surface area contributed by atoms with Gasteiger partial charge in [0.25, 0.3) is 0 Å². The van der Waals surface area contributed by atoms with Crippen molar-refractivity contribution in [3.63, 3.8) is 0 Å². The van der Waals surface area contributed by atoms with Gasteiger partial charge in [0.05, 0.1) is 5.56 Å². The van der Waals surface area contributed by atoms with Crippen LogP contribution in [0.4, 0.5) is 5.82 Å². The normalized spacial score (nSPS) is 10.9. The molecule has 0 saturated heterocycles. The first-order valence-electron chi connectivity index (χ1n) is 9.28. The van der Waals surface area contributed by atoms with E-state index in [4.69, 9.17) is 5.73 Å². The number of benzene rings is 2. The molecule has 30 heavy (non-hydrogen) atoms. The number of nitrogens with one attached hydrogen (secondary N) is 1. The quantitative estimate of drug-likeness (QED) is 0.356. The van der Waals surface area contributed by atoms with Crippen LogP contribution >= 0.6 is 11.3 Å². The molecule has 2 heterocycles. The molecule has 2 aromatic carbocycles. The van der Waals surface area contributed by atoms with E-state index in [1.807, 2.05) is 25.1 Å². The molecule has 0 radical (unpaired) electrons. The van der Waals surface area contributed by atoms with Gasteiger partial charge in [-0.25, -0.2) is 9.97 Å². The van der Waals surface area contributed by atoms with Gasteiger partial charge in [0.2, 0.25) is 5.91 Å². The molecule has 1 amide bonds. The zero-order valence-electron chi connectivity index (χ0n) is 16.2. The number of carbonyl (C=O) groups excluding carboxylic acids is 1. The molecule has 0 saturated carbocycles. The molecule has 0 unspecified atom stereocenters. The van der Waals surface area contributed by atoms with Crippen LogP contribution in [-0.4, -0.2) is 33.0 Å². The largest absolute Gasteiger partial charge is 0.488 e. The molecule has 0 aliphatic heterocycles. The number of aryl methyl sites for hydroxylation is 1. The van der Waals surface area contributed by atoms with Crippen molar-refractivity contribution in [2.45, 2.75) is 13.5 Å². The highest BCUT2D eigenvalue weighted by molar-refractivity contribution is 7.20. The fourth-order valence-electron chi connectivity index (χ4n) is 3.34. The zero-order valence-corrected chi connectivity index (χ0v) is 17.0. The van der Waals surface area contributed by atoms with E-state index < -0.39 is 13.0 Å². The average molecular weight is 418 g/mol. The Morgan fingerprint density at radius 3 is 2.77 bits per heavy atom. The summed E-state index contributed by atoms with van der Waals surface area (Å²) in [6.07, 6.45) is 1.68. The van der Waals surface area contributed by atoms with E-state index in [1.165, 1.54) is 11.3 Å². The molecule has 0 spiro atoms. The van der Waals surface area contributed by atoms with Gasteiger partial charge in [0.1, 0.15) is 5.82 Å². The number of anilines is 1. The lowest BCUT2D eigenvalue weighted by Gasteiger charge is -2.09. The summed E-state index contributed by atoms with van der Waals surface area (Å²) in [5, 5.41) is 22.8. The van der Waals surface area contributed by atoms with Gasteiger partial charge in [-0.05, 0) is 30.1 Å². The standard InChI is InChI=1S/C21H19BN4O3S/c1-12-18(15-6-3-7-16(20(23)27)19(15)30-12)21-24-9-8-17(26-21)25-11-13-4-2-5-14(10-13)22(28)29/h2-10,28-29H,11H2,1H3,(H2,23,27)(H,24,25,26). The van der Waals surface area contributed by atoms with E-state index in [0.717, 1.165) is 26.1 Å². The van der Waals surface area contributed by atoms with Crippen LogP contribution in [0.5, 0.6) is 0 Å². The topological polar surface area (TPSA) is 121 Å². The summed E-state index contributed by atoms with van der Waals surface area (Å²) in [6.45, 7) is 2.44. The third-order valence-electron chi connectivity index (χ3n) is 4.76. The lowest BCUT2D eigenvalue weighted by atomic mass is 9.80. The minimum absolute atomic E-state index is 0.434. The number of nitrogens with two attached hydrogens (primary N) is 1. The van der Waals surface area contributed by atoms with Crippen molar-refractivity contribution in [1.82, 2.24) is 9.97 Å². The molecule has 0 bridgehead atoms. The summed E-state index contributed by atoms with van der Waals surface area (Å²) in [5.41, 5.74) is 8.22. The molecule has 5 N–H and O–H groups in total. The predicted octanol–water partition coefficient (Wildman–Crippen LogP) is 2.06. The van der Waals surface area contributed by atoms with Crippen LogP contribution in [-0.2, 0) is 6.54 Å². The Morgan fingerprint density at radius 2 is 2.00 bits per heavy atom. The lowest BCUT2D eigenvalue weighted by molar-refractivity contribution is 0.100. The van der Waals surface area contributed by atoms with Crippen LogP contribution < -0.4 is 16.5 Å². The van der Waals surface area contributed by atoms with Gasteiger partial charge in [-0.15, -0.1) is 11.3 Å². The Labute approximate surface area is 177 Å². The van der Waals surface area contributed by atoms with E-state index in [9.17, 15) is 14.8 Å².